The lowest BCUT2D eigenvalue weighted by molar-refractivity contribution is 0.579. The zero-order chi connectivity index (χ0) is 11.3. The van der Waals surface area contributed by atoms with E-state index in [1.165, 1.54) is 0 Å². The van der Waals surface area contributed by atoms with Crippen molar-refractivity contribution >= 4 is 9.84 Å². The Balaban J connectivity index is 2.51. The fourth-order valence-corrected chi connectivity index (χ4v) is 2.05. The third-order valence-electron chi connectivity index (χ3n) is 2.27. The first kappa shape index (κ1) is 12.2. The Morgan fingerprint density at radius 2 is 2.13 bits per heavy atom. The van der Waals surface area contributed by atoms with Crippen molar-refractivity contribution in [2.24, 2.45) is 0 Å². The minimum atomic E-state index is -2.88. The smallest absolute Gasteiger partial charge is 0.151 e. The number of aryl methyl sites for hydroxylation is 2. The molecule has 0 radical (unpaired) electrons. The van der Waals surface area contributed by atoms with Crippen molar-refractivity contribution in [2.75, 3.05) is 11.5 Å². The van der Waals surface area contributed by atoms with Crippen molar-refractivity contribution in [1.82, 2.24) is 9.78 Å². The summed E-state index contributed by atoms with van der Waals surface area (Å²) in [5.74, 6) is 0.382. The van der Waals surface area contributed by atoms with Gasteiger partial charge in [0.05, 0.1) is 18.0 Å². The molecule has 15 heavy (non-hydrogen) atoms. The molecule has 0 aromatic carbocycles. The van der Waals surface area contributed by atoms with Crippen LogP contribution in [0.1, 0.15) is 26.0 Å². The third-order valence-corrected chi connectivity index (χ3v) is 3.96. The van der Waals surface area contributed by atoms with Crippen LogP contribution in [0, 0.1) is 0 Å². The molecule has 4 nitrogen and oxygen atoms in total. The summed E-state index contributed by atoms with van der Waals surface area (Å²) < 4.78 is 24.2. The first-order valence-electron chi connectivity index (χ1n) is 5.30. The molecule has 1 aromatic rings. The molecule has 0 unspecified atom stereocenters. The molecule has 0 spiro atoms. The maximum atomic E-state index is 11.3. The summed E-state index contributed by atoms with van der Waals surface area (Å²) in [5.41, 5.74) is 1.03. The quantitative estimate of drug-likeness (QED) is 0.739. The predicted octanol–water partition coefficient (Wildman–Crippen LogP) is 1.27. The number of hydrogen-bond acceptors (Lipinski definition) is 3. The van der Waals surface area contributed by atoms with Gasteiger partial charge in [-0.25, -0.2) is 8.42 Å². The SMILES string of the molecule is CCCc1ccn(CCS(=O)(=O)CC)n1. The minimum absolute atomic E-state index is 0.177. The molecule has 0 N–H and O–H groups in total. The van der Waals surface area contributed by atoms with E-state index in [0.29, 0.717) is 6.54 Å². The highest BCUT2D eigenvalue weighted by molar-refractivity contribution is 7.91. The van der Waals surface area contributed by atoms with Crippen molar-refractivity contribution in [3.63, 3.8) is 0 Å². The summed E-state index contributed by atoms with van der Waals surface area (Å²) in [5, 5.41) is 4.29. The molecule has 0 bridgehead atoms. The summed E-state index contributed by atoms with van der Waals surface area (Å²) in [4.78, 5) is 0. The van der Waals surface area contributed by atoms with Crippen molar-refractivity contribution in [3.8, 4) is 0 Å². The summed E-state index contributed by atoms with van der Waals surface area (Å²) in [7, 11) is -2.88. The van der Waals surface area contributed by atoms with Crippen LogP contribution in [-0.2, 0) is 22.8 Å². The van der Waals surface area contributed by atoms with Gasteiger partial charge in [0.1, 0.15) is 0 Å². The maximum Gasteiger partial charge on any atom is 0.151 e. The van der Waals surface area contributed by atoms with E-state index in [9.17, 15) is 8.42 Å². The van der Waals surface area contributed by atoms with Crippen molar-refractivity contribution in [3.05, 3.63) is 18.0 Å². The number of aromatic nitrogens is 2. The van der Waals surface area contributed by atoms with Crippen LogP contribution in [0.5, 0.6) is 0 Å². The summed E-state index contributed by atoms with van der Waals surface area (Å²) >= 11 is 0. The van der Waals surface area contributed by atoms with E-state index in [4.69, 9.17) is 0 Å². The van der Waals surface area contributed by atoms with Crippen LogP contribution in [-0.4, -0.2) is 29.7 Å². The van der Waals surface area contributed by atoms with Gasteiger partial charge in [-0.05, 0) is 12.5 Å². The van der Waals surface area contributed by atoms with Gasteiger partial charge in [-0.15, -0.1) is 0 Å². The van der Waals surface area contributed by atoms with Gasteiger partial charge in [0.25, 0.3) is 0 Å². The molecule has 0 aliphatic carbocycles. The first-order chi connectivity index (χ1) is 7.07. The molecule has 0 aliphatic heterocycles. The molecule has 0 atom stereocenters. The van der Waals surface area contributed by atoms with Crippen LogP contribution in [0.2, 0.25) is 0 Å². The highest BCUT2D eigenvalue weighted by atomic mass is 32.2. The normalized spacial score (nSPS) is 11.9. The van der Waals surface area contributed by atoms with Gasteiger partial charge < -0.3 is 0 Å². The van der Waals surface area contributed by atoms with E-state index < -0.39 is 9.84 Å². The molecule has 1 heterocycles. The zero-order valence-electron chi connectivity index (χ0n) is 9.31. The van der Waals surface area contributed by atoms with Crippen LogP contribution in [0.4, 0.5) is 0 Å². The van der Waals surface area contributed by atoms with E-state index in [2.05, 4.69) is 12.0 Å². The fraction of sp³-hybridized carbons (Fsp3) is 0.700. The molecule has 0 saturated carbocycles. The molecule has 0 saturated heterocycles. The Bertz CT molecular complexity index is 395. The van der Waals surface area contributed by atoms with Gasteiger partial charge in [0, 0.05) is 11.9 Å². The van der Waals surface area contributed by atoms with E-state index in [0.717, 1.165) is 18.5 Å². The first-order valence-corrected chi connectivity index (χ1v) is 7.12. The fourth-order valence-electron chi connectivity index (χ4n) is 1.29. The van der Waals surface area contributed by atoms with E-state index >= 15 is 0 Å². The van der Waals surface area contributed by atoms with Gasteiger partial charge in [0.2, 0.25) is 0 Å². The predicted molar refractivity (Wildman–Crippen MR) is 60.5 cm³/mol. The average molecular weight is 230 g/mol. The molecule has 1 rings (SSSR count). The van der Waals surface area contributed by atoms with Crippen LogP contribution in [0.3, 0.4) is 0 Å². The minimum Gasteiger partial charge on any atom is -0.271 e. The summed E-state index contributed by atoms with van der Waals surface area (Å²) in [6, 6.07) is 1.95. The van der Waals surface area contributed by atoms with Crippen LogP contribution in [0.15, 0.2) is 12.3 Å². The van der Waals surface area contributed by atoms with Crippen molar-refractivity contribution in [1.29, 1.82) is 0 Å². The van der Waals surface area contributed by atoms with Gasteiger partial charge in [-0.2, -0.15) is 5.10 Å². The second kappa shape index (κ2) is 5.30. The Kier molecular flexibility index (Phi) is 4.32. The molecule has 0 fully saturated rings. The average Bonchev–Trinajstić information content (AvgIpc) is 2.64. The Hall–Kier alpha value is -0.840. The van der Waals surface area contributed by atoms with Crippen LogP contribution < -0.4 is 0 Å². The number of nitrogens with zero attached hydrogens (tertiary/aromatic N) is 2. The summed E-state index contributed by atoms with van der Waals surface area (Å²) in [6.07, 6.45) is 3.86. The van der Waals surface area contributed by atoms with Gasteiger partial charge in [-0.3, -0.25) is 4.68 Å². The molecule has 5 heteroatoms. The molecule has 0 aliphatic rings. The lowest BCUT2D eigenvalue weighted by Crippen LogP contribution is -2.15. The van der Waals surface area contributed by atoms with E-state index in [1.807, 2.05) is 12.3 Å². The van der Waals surface area contributed by atoms with Crippen LogP contribution in [0.25, 0.3) is 0 Å². The van der Waals surface area contributed by atoms with Gasteiger partial charge >= 0.3 is 0 Å². The monoisotopic (exact) mass is 230 g/mol. The van der Waals surface area contributed by atoms with Gasteiger partial charge in [0.15, 0.2) is 9.84 Å². The van der Waals surface area contributed by atoms with Crippen molar-refractivity contribution < 1.29 is 8.42 Å². The Morgan fingerprint density at radius 3 is 2.73 bits per heavy atom. The number of sulfone groups is 1. The molecular formula is C10H18N2O2S. The maximum absolute atomic E-state index is 11.3. The number of hydrogen-bond donors (Lipinski definition) is 0. The second-order valence-corrected chi connectivity index (χ2v) is 6.03. The lowest BCUT2D eigenvalue weighted by Gasteiger charge is -2.01. The van der Waals surface area contributed by atoms with E-state index in [-0.39, 0.29) is 11.5 Å². The number of rotatable bonds is 6. The van der Waals surface area contributed by atoms with E-state index in [1.54, 1.807) is 11.6 Å². The standard InChI is InChI=1S/C10H18N2O2S/c1-3-5-10-6-7-12(11-10)8-9-15(13,14)4-2/h6-7H,3-5,8-9H2,1-2H3. The molecule has 86 valence electrons. The van der Waals surface area contributed by atoms with Gasteiger partial charge in [-0.1, -0.05) is 20.3 Å². The third kappa shape index (κ3) is 4.03. The second-order valence-electron chi connectivity index (χ2n) is 3.56. The molecule has 1 aromatic heterocycles. The largest absolute Gasteiger partial charge is 0.271 e. The highest BCUT2D eigenvalue weighted by Crippen LogP contribution is 2.00. The molecule has 0 amide bonds. The Morgan fingerprint density at radius 1 is 1.40 bits per heavy atom. The van der Waals surface area contributed by atoms with Crippen molar-refractivity contribution in [2.45, 2.75) is 33.2 Å². The highest BCUT2D eigenvalue weighted by Gasteiger charge is 2.07. The topological polar surface area (TPSA) is 52.0 Å². The van der Waals surface area contributed by atoms with Crippen LogP contribution >= 0.6 is 0 Å². The molecular weight excluding hydrogens is 212 g/mol. The summed E-state index contributed by atoms with van der Waals surface area (Å²) in [6.45, 7) is 4.22. The lowest BCUT2D eigenvalue weighted by atomic mass is 10.3. The zero-order valence-corrected chi connectivity index (χ0v) is 10.1. The Labute approximate surface area is 91.2 Å².